The Labute approximate surface area is 179 Å². The molecule has 0 N–H and O–H groups in total. The number of halogens is 2. The van der Waals surface area contributed by atoms with Crippen LogP contribution in [0.4, 0.5) is 4.39 Å². The summed E-state index contributed by atoms with van der Waals surface area (Å²) < 4.78 is 15.1. The summed E-state index contributed by atoms with van der Waals surface area (Å²) in [6.07, 6.45) is 4.64. The van der Waals surface area contributed by atoms with E-state index >= 15 is 0 Å². The molecule has 0 unspecified atom stereocenters. The molecule has 0 saturated heterocycles. The fourth-order valence-electron chi connectivity index (χ4n) is 4.04. The molecule has 30 heavy (non-hydrogen) atoms. The lowest BCUT2D eigenvalue weighted by Crippen LogP contribution is -2.08. The lowest BCUT2D eigenvalue weighted by Gasteiger charge is -2.10. The zero-order valence-electron chi connectivity index (χ0n) is 16.9. The van der Waals surface area contributed by atoms with Gasteiger partial charge in [0.05, 0.1) is 34.4 Å². The van der Waals surface area contributed by atoms with E-state index in [2.05, 4.69) is 15.1 Å². The van der Waals surface area contributed by atoms with Crippen molar-refractivity contribution in [2.75, 3.05) is 6.54 Å². The normalized spacial score (nSPS) is 16.3. The fraction of sp³-hybridized carbons (Fsp3) is 0.304. The van der Waals surface area contributed by atoms with E-state index in [9.17, 15) is 4.39 Å². The summed E-state index contributed by atoms with van der Waals surface area (Å²) in [5, 5.41) is 5.15. The summed E-state index contributed by atoms with van der Waals surface area (Å²) in [5.41, 5.74) is 7.15. The molecule has 2 aliphatic rings. The highest BCUT2D eigenvalue weighted by atomic mass is 35.5. The van der Waals surface area contributed by atoms with E-state index in [1.54, 1.807) is 11.0 Å². The van der Waals surface area contributed by atoms with E-state index in [0.29, 0.717) is 29.7 Å². The van der Waals surface area contributed by atoms with Gasteiger partial charge in [0.25, 0.3) is 0 Å². The standard InChI is InChI=1S/C23H21ClFN5/c1-13-22(24)14(2)30(29-13)20-10-19(27-12-28-20)9-17-11-26-23(21(17)15-3-4-15)16-5-7-18(25)8-6-16/h5-8,10,12,15H,3-4,9,11H2,1-2H3. The quantitative estimate of drug-likeness (QED) is 0.593. The minimum atomic E-state index is -0.229. The Balaban J connectivity index is 1.46. The maximum atomic E-state index is 13.4. The highest BCUT2D eigenvalue weighted by molar-refractivity contribution is 6.31. The van der Waals surface area contributed by atoms with Crippen molar-refractivity contribution >= 4 is 17.3 Å². The molecule has 3 heterocycles. The largest absolute Gasteiger partial charge is 0.280 e. The lowest BCUT2D eigenvalue weighted by molar-refractivity contribution is 0.628. The van der Waals surface area contributed by atoms with E-state index in [1.165, 1.54) is 36.1 Å². The van der Waals surface area contributed by atoms with Gasteiger partial charge in [-0.25, -0.2) is 19.0 Å². The van der Waals surface area contributed by atoms with Crippen LogP contribution in [0, 0.1) is 25.6 Å². The van der Waals surface area contributed by atoms with Crippen molar-refractivity contribution in [1.82, 2.24) is 19.7 Å². The predicted molar refractivity (Wildman–Crippen MR) is 115 cm³/mol. The number of aryl methyl sites for hydroxylation is 1. The molecule has 0 atom stereocenters. The first-order chi connectivity index (χ1) is 14.5. The van der Waals surface area contributed by atoms with E-state index in [-0.39, 0.29) is 5.82 Å². The first-order valence-electron chi connectivity index (χ1n) is 10.1. The second-order valence-electron chi connectivity index (χ2n) is 7.90. The molecule has 5 rings (SSSR count). The van der Waals surface area contributed by atoms with Crippen molar-refractivity contribution in [3.8, 4) is 5.82 Å². The van der Waals surface area contributed by atoms with E-state index < -0.39 is 0 Å². The lowest BCUT2D eigenvalue weighted by atomic mass is 9.94. The molecule has 0 amide bonds. The number of aliphatic imine (C=N–C) groups is 1. The number of nitrogens with zero attached hydrogens (tertiary/aromatic N) is 5. The second kappa shape index (κ2) is 7.43. The van der Waals surface area contributed by atoms with Crippen molar-refractivity contribution in [2.45, 2.75) is 33.1 Å². The van der Waals surface area contributed by atoms with E-state index in [1.807, 2.05) is 32.0 Å². The number of rotatable bonds is 5. The van der Waals surface area contributed by atoms with Crippen molar-refractivity contribution < 1.29 is 4.39 Å². The monoisotopic (exact) mass is 421 g/mol. The average Bonchev–Trinajstić information content (AvgIpc) is 3.46. The molecule has 0 spiro atoms. The summed E-state index contributed by atoms with van der Waals surface area (Å²) in [7, 11) is 0. The second-order valence-corrected chi connectivity index (χ2v) is 8.28. The van der Waals surface area contributed by atoms with Crippen LogP contribution in [0.5, 0.6) is 0 Å². The summed E-state index contributed by atoms with van der Waals surface area (Å²) in [5.74, 6) is 1.02. The molecular formula is C23H21ClFN5. The molecule has 1 fully saturated rings. The Kier molecular flexibility index (Phi) is 4.74. The molecule has 1 aromatic carbocycles. The van der Waals surface area contributed by atoms with Crippen molar-refractivity contribution in [3.05, 3.63) is 81.3 Å². The molecule has 0 radical (unpaired) electrons. The first kappa shape index (κ1) is 19.1. The number of hydrogen-bond acceptors (Lipinski definition) is 4. The molecule has 2 aromatic heterocycles. The smallest absolute Gasteiger partial charge is 0.157 e. The molecule has 1 aliphatic heterocycles. The van der Waals surface area contributed by atoms with Gasteiger partial charge >= 0.3 is 0 Å². The van der Waals surface area contributed by atoms with Gasteiger partial charge in [-0.1, -0.05) is 11.6 Å². The van der Waals surface area contributed by atoms with E-state index in [4.69, 9.17) is 16.6 Å². The zero-order chi connectivity index (χ0) is 20.8. The molecule has 0 bridgehead atoms. The highest BCUT2D eigenvalue weighted by Gasteiger charge is 2.34. The van der Waals surface area contributed by atoms with Gasteiger partial charge in [0.2, 0.25) is 0 Å². The van der Waals surface area contributed by atoms with Crippen molar-refractivity contribution in [1.29, 1.82) is 0 Å². The topological polar surface area (TPSA) is 56.0 Å². The van der Waals surface area contributed by atoms with E-state index in [0.717, 1.165) is 28.4 Å². The van der Waals surface area contributed by atoms with Crippen LogP contribution in [0.15, 0.2) is 52.8 Å². The summed E-state index contributed by atoms with van der Waals surface area (Å²) in [6, 6.07) is 8.58. The van der Waals surface area contributed by atoms with Gasteiger partial charge in [0.15, 0.2) is 5.82 Å². The minimum Gasteiger partial charge on any atom is -0.280 e. The van der Waals surface area contributed by atoms with Gasteiger partial charge in [0, 0.05) is 18.1 Å². The van der Waals surface area contributed by atoms with Crippen LogP contribution in [0.1, 0.15) is 35.5 Å². The van der Waals surface area contributed by atoms with Crippen LogP contribution in [-0.2, 0) is 6.42 Å². The Morgan fingerprint density at radius 3 is 2.57 bits per heavy atom. The summed E-state index contributed by atoms with van der Waals surface area (Å²) >= 11 is 6.30. The number of aromatic nitrogens is 4. The third kappa shape index (κ3) is 3.45. The molecule has 5 nitrogen and oxygen atoms in total. The van der Waals surface area contributed by atoms with Gasteiger partial charge in [-0.2, -0.15) is 5.10 Å². The van der Waals surface area contributed by atoms with Crippen LogP contribution >= 0.6 is 11.6 Å². The zero-order valence-corrected chi connectivity index (χ0v) is 17.6. The van der Waals surface area contributed by atoms with Gasteiger partial charge < -0.3 is 0 Å². The molecule has 1 aliphatic carbocycles. The Morgan fingerprint density at radius 2 is 1.90 bits per heavy atom. The van der Waals surface area contributed by atoms with Gasteiger partial charge in [-0.05, 0) is 68.0 Å². The van der Waals surface area contributed by atoms with Gasteiger partial charge in [-0.3, -0.25) is 4.99 Å². The Morgan fingerprint density at radius 1 is 1.13 bits per heavy atom. The van der Waals surface area contributed by atoms with Crippen LogP contribution in [-0.4, -0.2) is 32.0 Å². The maximum Gasteiger partial charge on any atom is 0.157 e. The SMILES string of the molecule is Cc1nn(-c2cc(CC3=C(C4CC4)C(c4ccc(F)cc4)=NC3)ncn2)c(C)c1Cl. The molecule has 7 heteroatoms. The Hall–Kier alpha value is -2.86. The highest BCUT2D eigenvalue weighted by Crippen LogP contribution is 2.42. The molecule has 3 aromatic rings. The van der Waals surface area contributed by atoms with Crippen LogP contribution in [0.2, 0.25) is 5.02 Å². The minimum absolute atomic E-state index is 0.229. The fourth-order valence-corrected chi connectivity index (χ4v) is 4.15. The summed E-state index contributed by atoms with van der Waals surface area (Å²) in [4.78, 5) is 13.7. The number of allylic oxidation sites excluding steroid dienone is 1. The maximum absolute atomic E-state index is 13.4. The van der Waals surface area contributed by atoms with Crippen molar-refractivity contribution in [2.24, 2.45) is 10.9 Å². The van der Waals surface area contributed by atoms with Crippen molar-refractivity contribution in [3.63, 3.8) is 0 Å². The molecular weight excluding hydrogens is 401 g/mol. The molecule has 152 valence electrons. The third-order valence-corrected chi connectivity index (χ3v) is 6.24. The average molecular weight is 422 g/mol. The Bertz CT molecular complexity index is 1190. The third-order valence-electron chi connectivity index (χ3n) is 5.69. The van der Waals surface area contributed by atoms with Crippen LogP contribution in [0.3, 0.4) is 0 Å². The molecule has 1 saturated carbocycles. The number of hydrogen-bond donors (Lipinski definition) is 0. The van der Waals surface area contributed by atoms with Gasteiger partial charge in [0.1, 0.15) is 12.1 Å². The predicted octanol–water partition coefficient (Wildman–Crippen LogP) is 4.82. The summed E-state index contributed by atoms with van der Waals surface area (Å²) in [6.45, 7) is 4.47. The van der Waals surface area contributed by atoms with Crippen LogP contribution < -0.4 is 0 Å². The first-order valence-corrected chi connectivity index (χ1v) is 10.4. The number of benzene rings is 1. The van der Waals surface area contributed by atoms with Crippen LogP contribution in [0.25, 0.3) is 5.82 Å². The van der Waals surface area contributed by atoms with Gasteiger partial charge in [-0.15, -0.1) is 0 Å².